The lowest BCUT2D eigenvalue weighted by Crippen LogP contribution is -2.27. The second-order valence-electron chi connectivity index (χ2n) is 8.11. The minimum atomic E-state index is -0.423. The van der Waals surface area contributed by atoms with E-state index in [2.05, 4.69) is 55.2 Å². The van der Waals surface area contributed by atoms with Crippen molar-refractivity contribution in [3.63, 3.8) is 0 Å². The summed E-state index contributed by atoms with van der Waals surface area (Å²) in [6, 6.07) is 8.41. The van der Waals surface area contributed by atoms with Gasteiger partial charge < -0.3 is 14.2 Å². The molecule has 7 nitrogen and oxygen atoms in total. The first-order valence-electron chi connectivity index (χ1n) is 10.2. The topological polar surface area (TPSA) is 77.3 Å². The molecule has 0 bridgehead atoms. The van der Waals surface area contributed by atoms with Crippen molar-refractivity contribution >= 4 is 35.4 Å². The van der Waals surface area contributed by atoms with Gasteiger partial charge in [-0.1, -0.05) is 68.6 Å². The first-order valence-corrected chi connectivity index (χ1v) is 12.1. The summed E-state index contributed by atoms with van der Waals surface area (Å²) >= 11 is 2.89. The number of benzene rings is 1. The number of aromatic nitrogens is 3. The Hall–Kier alpha value is -2.26. The van der Waals surface area contributed by atoms with E-state index in [1.807, 2.05) is 11.6 Å². The molecule has 1 aliphatic heterocycles. The van der Waals surface area contributed by atoms with Gasteiger partial charge in [0.2, 0.25) is 5.91 Å². The molecule has 0 radical (unpaired) electrons. The number of carbonyl (C=O) groups excluding carboxylic acids is 2. The lowest BCUT2D eigenvalue weighted by atomic mass is 9.87. The van der Waals surface area contributed by atoms with Crippen molar-refractivity contribution < 1.29 is 14.3 Å². The maximum atomic E-state index is 12.2. The average molecular weight is 461 g/mol. The number of nitrogens with zero attached hydrogens (tertiary/aromatic N) is 4. The number of rotatable bonds is 7. The van der Waals surface area contributed by atoms with Gasteiger partial charge in [0.25, 0.3) is 0 Å². The van der Waals surface area contributed by atoms with Gasteiger partial charge >= 0.3 is 5.97 Å². The van der Waals surface area contributed by atoms with Crippen molar-refractivity contribution in [2.24, 2.45) is 7.05 Å². The monoisotopic (exact) mass is 460 g/mol. The van der Waals surface area contributed by atoms with Crippen LogP contribution >= 0.6 is 23.5 Å². The van der Waals surface area contributed by atoms with Crippen LogP contribution < -0.4 is 0 Å². The molecule has 1 fully saturated rings. The van der Waals surface area contributed by atoms with Crippen LogP contribution in [0.5, 0.6) is 0 Å². The summed E-state index contributed by atoms with van der Waals surface area (Å²) in [5.41, 5.74) is 2.39. The minimum absolute atomic E-state index is 0.00117. The number of hydrogen-bond donors (Lipinski definition) is 0. The summed E-state index contributed by atoms with van der Waals surface area (Å²) in [5.74, 6) is 1.36. The van der Waals surface area contributed by atoms with Crippen molar-refractivity contribution in [1.82, 2.24) is 19.7 Å². The van der Waals surface area contributed by atoms with Gasteiger partial charge in [0, 0.05) is 24.9 Å². The molecular weight excluding hydrogens is 432 g/mol. The molecule has 9 heteroatoms. The third kappa shape index (κ3) is 5.71. The van der Waals surface area contributed by atoms with E-state index < -0.39 is 5.97 Å². The number of thioether (sulfide) groups is 2. The standard InChI is InChI=1S/C22H28N4O3S2/c1-6-29-19(28)13-18-26(17(27)14-31-18)11-12-30-21-24-23-20(25(21)5)15-7-9-16(10-8-15)22(2,3)4/h7-10,13H,6,11-12,14H2,1-5H3/b18-13-. The normalized spacial score (nSPS) is 15.7. The molecule has 1 saturated heterocycles. The minimum Gasteiger partial charge on any atom is -0.463 e. The first kappa shape index (κ1) is 23.4. The van der Waals surface area contributed by atoms with E-state index in [1.54, 1.807) is 11.8 Å². The Labute approximate surface area is 191 Å². The summed E-state index contributed by atoms with van der Waals surface area (Å²) in [7, 11) is 1.94. The second-order valence-corrected chi connectivity index (χ2v) is 10.2. The van der Waals surface area contributed by atoms with E-state index in [1.165, 1.54) is 35.2 Å². The largest absolute Gasteiger partial charge is 0.463 e. The summed E-state index contributed by atoms with van der Waals surface area (Å²) < 4.78 is 6.92. The van der Waals surface area contributed by atoms with Crippen LogP contribution in [0, 0.1) is 0 Å². The van der Waals surface area contributed by atoms with E-state index in [0.717, 1.165) is 16.5 Å². The summed E-state index contributed by atoms with van der Waals surface area (Å²) in [6.45, 7) is 9.13. The molecule has 166 valence electrons. The molecule has 0 spiro atoms. The van der Waals surface area contributed by atoms with Gasteiger partial charge in [-0.3, -0.25) is 4.79 Å². The number of hydrogen-bond acceptors (Lipinski definition) is 7. The molecule has 2 heterocycles. The molecule has 1 aliphatic rings. The van der Waals surface area contributed by atoms with E-state index in [9.17, 15) is 9.59 Å². The summed E-state index contributed by atoms with van der Waals surface area (Å²) in [4.78, 5) is 25.6. The average Bonchev–Trinajstić information content (AvgIpc) is 3.25. The molecule has 31 heavy (non-hydrogen) atoms. The molecule has 2 aromatic rings. The van der Waals surface area contributed by atoms with Crippen LogP contribution in [0.25, 0.3) is 11.4 Å². The van der Waals surface area contributed by atoms with Crippen LogP contribution in [-0.2, 0) is 26.8 Å². The van der Waals surface area contributed by atoms with E-state index >= 15 is 0 Å². The predicted molar refractivity (Wildman–Crippen MR) is 125 cm³/mol. The molecule has 0 N–H and O–H groups in total. The third-order valence-corrected chi connectivity index (χ3v) is 6.85. The van der Waals surface area contributed by atoms with Crippen LogP contribution in [0.15, 0.2) is 40.5 Å². The van der Waals surface area contributed by atoms with Gasteiger partial charge in [0.05, 0.1) is 23.5 Å². The maximum Gasteiger partial charge on any atom is 0.333 e. The summed E-state index contributed by atoms with van der Waals surface area (Å²) in [6.07, 6.45) is 1.39. The fraction of sp³-hybridized carbons (Fsp3) is 0.455. The molecule has 0 unspecified atom stereocenters. The lowest BCUT2D eigenvalue weighted by molar-refractivity contribution is -0.137. The Morgan fingerprint density at radius 1 is 1.26 bits per heavy atom. The van der Waals surface area contributed by atoms with Gasteiger partial charge in [-0.25, -0.2) is 4.79 Å². The van der Waals surface area contributed by atoms with Crippen molar-refractivity contribution in [2.75, 3.05) is 24.7 Å². The van der Waals surface area contributed by atoms with E-state index in [4.69, 9.17) is 4.74 Å². The number of amides is 1. The van der Waals surface area contributed by atoms with Crippen molar-refractivity contribution in [2.45, 2.75) is 38.3 Å². The Bertz CT molecular complexity index is 978. The molecule has 0 atom stereocenters. The predicted octanol–water partition coefficient (Wildman–Crippen LogP) is 3.85. The maximum absolute atomic E-state index is 12.2. The Morgan fingerprint density at radius 3 is 2.61 bits per heavy atom. The zero-order chi connectivity index (χ0) is 22.6. The first-order chi connectivity index (χ1) is 14.7. The zero-order valence-electron chi connectivity index (χ0n) is 18.5. The molecule has 0 aliphatic carbocycles. The fourth-order valence-electron chi connectivity index (χ4n) is 3.09. The van der Waals surface area contributed by atoms with Crippen LogP contribution in [0.3, 0.4) is 0 Å². The molecule has 3 rings (SSSR count). The van der Waals surface area contributed by atoms with Gasteiger partial charge in [-0.05, 0) is 17.9 Å². The Kier molecular flexibility index (Phi) is 7.48. The van der Waals surface area contributed by atoms with Gasteiger partial charge in [-0.15, -0.1) is 10.2 Å². The highest BCUT2D eigenvalue weighted by atomic mass is 32.2. The molecule has 1 amide bonds. The smallest absolute Gasteiger partial charge is 0.333 e. The molecule has 1 aromatic heterocycles. The third-order valence-electron chi connectivity index (χ3n) is 4.83. The highest BCUT2D eigenvalue weighted by Gasteiger charge is 2.27. The highest BCUT2D eigenvalue weighted by molar-refractivity contribution is 8.04. The Morgan fingerprint density at radius 2 is 1.97 bits per heavy atom. The van der Waals surface area contributed by atoms with Crippen molar-refractivity contribution in [3.8, 4) is 11.4 Å². The van der Waals surface area contributed by atoms with Gasteiger partial charge in [0.15, 0.2) is 11.0 Å². The van der Waals surface area contributed by atoms with Gasteiger partial charge in [0.1, 0.15) is 0 Å². The van der Waals surface area contributed by atoms with E-state index in [0.29, 0.717) is 29.7 Å². The van der Waals surface area contributed by atoms with Gasteiger partial charge in [-0.2, -0.15) is 0 Å². The second kappa shape index (κ2) is 9.91. The molecule has 0 saturated carbocycles. The van der Waals surface area contributed by atoms with Crippen molar-refractivity contribution in [3.05, 3.63) is 40.9 Å². The number of ether oxygens (including phenoxy) is 1. The van der Waals surface area contributed by atoms with Crippen LogP contribution in [0.4, 0.5) is 0 Å². The van der Waals surface area contributed by atoms with E-state index in [-0.39, 0.29) is 11.3 Å². The number of esters is 1. The quantitative estimate of drug-likeness (QED) is 0.353. The van der Waals surface area contributed by atoms with Crippen LogP contribution in [-0.4, -0.2) is 56.2 Å². The number of carbonyl (C=O) groups is 2. The fourth-order valence-corrected chi connectivity index (χ4v) is 4.88. The molecular formula is C22H28N4O3S2. The molecule has 1 aromatic carbocycles. The highest BCUT2D eigenvalue weighted by Crippen LogP contribution is 2.30. The zero-order valence-corrected chi connectivity index (χ0v) is 20.2. The summed E-state index contributed by atoms with van der Waals surface area (Å²) in [5, 5.41) is 10.1. The van der Waals surface area contributed by atoms with Crippen molar-refractivity contribution in [1.29, 1.82) is 0 Å². The van der Waals surface area contributed by atoms with Crippen LogP contribution in [0.2, 0.25) is 0 Å². The Balaban J connectivity index is 1.63. The SMILES string of the molecule is CCOC(=O)/C=C1\SCC(=O)N1CCSc1nnc(-c2ccc(C(C)(C)C)cc2)n1C. The lowest BCUT2D eigenvalue weighted by Gasteiger charge is -2.19. The van der Waals surface area contributed by atoms with Crippen LogP contribution in [0.1, 0.15) is 33.3 Å².